The van der Waals surface area contributed by atoms with Gasteiger partial charge in [0.2, 0.25) is 0 Å². The maximum Gasteiger partial charge on any atom is 0.271 e. The van der Waals surface area contributed by atoms with Crippen molar-refractivity contribution < 1.29 is 19.0 Å². The standard InChI is InChI=1S/C34H34IN3O5S/c1-7-42-27-17-22(16-25(35)31(27)43-8-2)18-28-33(40)38-30(23-10-12-24(41-6)13-11-23)29(21(5)36-34(38)44-28)32(39)37-26-14-9-19(3)15-20(26)4/h9-18,30H,7-8H2,1-6H3,(H,37,39)/b28-18-/t30-/m0/s1. The molecule has 1 amide bonds. The molecule has 5 rings (SSSR count). The number of nitrogens with one attached hydrogen (secondary N) is 1. The van der Waals surface area contributed by atoms with Crippen LogP contribution in [-0.4, -0.2) is 30.8 Å². The van der Waals surface area contributed by atoms with Crippen LogP contribution in [0.2, 0.25) is 0 Å². The Kier molecular flexibility index (Phi) is 9.59. The van der Waals surface area contributed by atoms with Gasteiger partial charge in [0.15, 0.2) is 16.3 Å². The first kappa shape index (κ1) is 31.5. The summed E-state index contributed by atoms with van der Waals surface area (Å²) in [5.41, 5.74) is 5.06. The first-order chi connectivity index (χ1) is 21.1. The molecule has 2 heterocycles. The van der Waals surface area contributed by atoms with E-state index in [1.807, 2.05) is 95.3 Å². The number of amides is 1. The third-order valence-corrected chi connectivity index (χ3v) is 9.03. The lowest BCUT2D eigenvalue weighted by atomic mass is 9.95. The van der Waals surface area contributed by atoms with Crippen molar-refractivity contribution in [3.05, 3.63) is 111 Å². The number of hydrogen-bond acceptors (Lipinski definition) is 7. The Balaban J connectivity index is 1.65. The number of carbonyl (C=O) groups is 1. The van der Waals surface area contributed by atoms with E-state index in [0.717, 1.165) is 25.8 Å². The van der Waals surface area contributed by atoms with E-state index in [4.69, 9.17) is 19.2 Å². The van der Waals surface area contributed by atoms with Crippen molar-refractivity contribution in [3.8, 4) is 17.2 Å². The highest BCUT2D eigenvalue weighted by molar-refractivity contribution is 14.1. The summed E-state index contributed by atoms with van der Waals surface area (Å²) in [5.74, 6) is 1.68. The highest BCUT2D eigenvalue weighted by Crippen LogP contribution is 2.35. The zero-order valence-electron chi connectivity index (χ0n) is 25.5. The molecule has 0 spiro atoms. The highest BCUT2D eigenvalue weighted by atomic mass is 127. The van der Waals surface area contributed by atoms with E-state index in [-0.39, 0.29) is 11.5 Å². The number of nitrogens with zero attached hydrogens (tertiary/aromatic N) is 2. The summed E-state index contributed by atoms with van der Waals surface area (Å²) in [6, 6.07) is 16.4. The number of benzene rings is 3. The fourth-order valence-corrected chi connectivity index (χ4v) is 7.05. The van der Waals surface area contributed by atoms with Crippen LogP contribution in [0.4, 0.5) is 5.69 Å². The van der Waals surface area contributed by atoms with Gasteiger partial charge in [0.25, 0.3) is 11.5 Å². The van der Waals surface area contributed by atoms with Crippen LogP contribution in [0.25, 0.3) is 6.08 Å². The van der Waals surface area contributed by atoms with E-state index in [9.17, 15) is 9.59 Å². The number of ether oxygens (including phenoxy) is 3. The quantitative estimate of drug-likeness (QED) is 0.217. The predicted molar refractivity (Wildman–Crippen MR) is 183 cm³/mol. The van der Waals surface area contributed by atoms with Crippen LogP contribution >= 0.6 is 33.9 Å². The number of fused-ring (bicyclic) bond motifs is 1. The first-order valence-electron chi connectivity index (χ1n) is 14.3. The minimum Gasteiger partial charge on any atom is -0.497 e. The zero-order valence-corrected chi connectivity index (χ0v) is 28.5. The Morgan fingerprint density at radius 2 is 1.77 bits per heavy atom. The molecule has 228 valence electrons. The molecule has 0 bridgehead atoms. The fourth-order valence-electron chi connectivity index (χ4n) is 5.23. The molecule has 0 aliphatic carbocycles. The van der Waals surface area contributed by atoms with Gasteiger partial charge in [0.1, 0.15) is 5.75 Å². The van der Waals surface area contributed by atoms with Crippen LogP contribution in [0.5, 0.6) is 17.2 Å². The third kappa shape index (κ3) is 6.32. The van der Waals surface area contributed by atoms with E-state index in [0.29, 0.717) is 56.8 Å². The van der Waals surface area contributed by atoms with Crippen LogP contribution in [0.15, 0.2) is 75.7 Å². The lowest BCUT2D eigenvalue weighted by molar-refractivity contribution is -0.113. The molecule has 0 radical (unpaired) electrons. The van der Waals surface area contributed by atoms with Crippen molar-refractivity contribution in [1.29, 1.82) is 0 Å². The molecule has 8 nitrogen and oxygen atoms in total. The summed E-state index contributed by atoms with van der Waals surface area (Å²) < 4.78 is 20.1. The summed E-state index contributed by atoms with van der Waals surface area (Å²) in [5, 5.41) is 3.07. The monoisotopic (exact) mass is 723 g/mol. The Morgan fingerprint density at radius 3 is 2.43 bits per heavy atom. The third-order valence-electron chi connectivity index (χ3n) is 7.25. The molecular weight excluding hydrogens is 689 g/mol. The molecule has 44 heavy (non-hydrogen) atoms. The number of aryl methyl sites for hydroxylation is 2. The lowest BCUT2D eigenvalue weighted by Crippen LogP contribution is -2.40. The molecule has 10 heteroatoms. The predicted octanol–water partition coefficient (Wildman–Crippen LogP) is 5.90. The minimum atomic E-state index is -0.690. The number of hydrogen-bond donors (Lipinski definition) is 1. The summed E-state index contributed by atoms with van der Waals surface area (Å²) in [7, 11) is 1.60. The van der Waals surface area contributed by atoms with Gasteiger partial charge in [0, 0.05) is 5.69 Å². The number of allylic oxidation sites excluding steroid dienone is 1. The Labute approximate surface area is 273 Å². The van der Waals surface area contributed by atoms with Gasteiger partial charge in [0.05, 0.1) is 45.7 Å². The van der Waals surface area contributed by atoms with Gasteiger partial charge in [-0.3, -0.25) is 14.2 Å². The summed E-state index contributed by atoms with van der Waals surface area (Å²) in [4.78, 5) is 33.4. The van der Waals surface area contributed by atoms with Crippen molar-refractivity contribution >= 4 is 51.6 Å². The van der Waals surface area contributed by atoms with E-state index in [1.165, 1.54) is 11.3 Å². The first-order valence-corrected chi connectivity index (χ1v) is 16.2. The topological polar surface area (TPSA) is 91.2 Å². The fraction of sp³-hybridized carbons (Fsp3) is 0.265. The average Bonchev–Trinajstić information content (AvgIpc) is 3.29. The van der Waals surface area contributed by atoms with Crippen LogP contribution in [0.3, 0.4) is 0 Å². The van der Waals surface area contributed by atoms with Crippen LogP contribution in [0.1, 0.15) is 49.1 Å². The minimum absolute atomic E-state index is 0.235. The van der Waals surface area contributed by atoms with Crippen molar-refractivity contribution in [2.75, 3.05) is 25.6 Å². The van der Waals surface area contributed by atoms with Crippen LogP contribution in [0, 0.1) is 17.4 Å². The summed E-state index contributed by atoms with van der Waals surface area (Å²) in [6.07, 6.45) is 1.84. The Bertz CT molecular complexity index is 1940. The van der Waals surface area contributed by atoms with Gasteiger partial charge in [-0.1, -0.05) is 41.2 Å². The highest BCUT2D eigenvalue weighted by Gasteiger charge is 2.32. The molecule has 0 saturated heterocycles. The van der Waals surface area contributed by atoms with Crippen molar-refractivity contribution in [3.63, 3.8) is 0 Å². The molecule has 1 aliphatic rings. The number of carbonyl (C=O) groups excluding carboxylic acids is 1. The molecule has 3 aromatic carbocycles. The number of aromatic nitrogens is 1. The average molecular weight is 724 g/mol. The molecule has 0 saturated carbocycles. The molecule has 1 aromatic heterocycles. The number of thiazole rings is 1. The van der Waals surface area contributed by atoms with Gasteiger partial charge < -0.3 is 19.5 Å². The van der Waals surface area contributed by atoms with E-state index >= 15 is 0 Å². The number of halogens is 1. The van der Waals surface area contributed by atoms with Gasteiger partial charge in [-0.05, 0) is 110 Å². The van der Waals surface area contributed by atoms with Crippen LogP contribution in [-0.2, 0) is 4.79 Å². The summed E-state index contributed by atoms with van der Waals surface area (Å²) in [6.45, 7) is 10.6. The number of methoxy groups -OCH3 is 1. The Hall–Kier alpha value is -3.90. The van der Waals surface area contributed by atoms with Crippen molar-refractivity contribution in [1.82, 2.24) is 4.57 Å². The molecule has 1 aliphatic heterocycles. The molecule has 1 atom stereocenters. The smallest absolute Gasteiger partial charge is 0.271 e. The Morgan fingerprint density at radius 1 is 1.05 bits per heavy atom. The second kappa shape index (κ2) is 13.4. The molecule has 0 fully saturated rings. The maximum atomic E-state index is 14.2. The van der Waals surface area contributed by atoms with Gasteiger partial charge in [-0.25, -0.2) is 4.99 Å². The second-order valence-corrected chi connectivity index (χ2v) is 12.5. The van der Waals surface area contributed by atoms with E-state index in [2.05, 4.69) is 27.9 Å². The van der Waals surface area contributed by atoms with Gasteiger partial charge in [-0.15, -0.1) is 0 Å². The van der Waals surface area contributed by atoms with Gasteiger partial charge in [-0.2, -0.15) is 0 Å². The molecule has 0 unspecified atom stereocenters. The van der Waals surface area contributed by atoms with Gasteiger partial charge >= 0.3 is 0 Å². The second-order valence-electron chi connectivity index (χ2n) is 10.3. The normalized spacial score (nSPS) is 14.6. The largest absolute Gasteiger partial charge is 0.497 e. The lowest BCUT2D eigenvalue weighted by Gasteiger charge is -2.25. The SMILES string of the molecule is CCOc1cc(/C=c2\sc3n(c2=O)[C@@H](c2ccc(OC)cc2)C(C(=O)Nc2ccc(C)cc2C)=C(C)N=3)cc(I)c1OCC. The van der Waals surface area contributed by atoms with Crippen molar-refractivity contribution in [2.45, 2.75) is 40.7 Å². The number of rotatable bonds is 9. The molecule has 4 aromatic rings. The summed E-state index contributed by atoms with van der Waals surface area (Å²) >= 11 is 3.51. The van der Waals surface area contributed by atoms with Crippen LogP contribution < -0.4 is 34.4 Å². The van der Waals surface area contributed by atoms with E-state index < -0.39 is 6.04 Å². The van der Waals surface area contributed by atoms with Crippen molar-refractivity contribution in [2.24, 2.45) is 4.99 Å². The molecule has 1 N–H and O–H groups in total. The number of anilines is 1. The van der Waals surface area contributed by atoms with E-state index in [1.54, 1.807) is 11.7 Å². The maximum absolute atomic E-state index is 14.2. The molecular formula is C34H34IN3O5S. The zero-order chi connectivity index (χ0) is 31.5.